The van der Waals surface area contributed by atoms with Gasteiger partial charge in [-0.2, -0.15) is 0 Å². The second kappa shape index (κ2) is 6.37. The fraction of sp³-hybridized carbons (Fsp3) is 0.857. The average molecular weight is 269 g/mol. The van der Waals surface area contributed by atoms with Gasteiger partial charge in [0.2, 0.25) is 5.91 Å². The Morgan fingerprint density at radius 3 is 2.74 bits per heavy atom. The molecule has 19 heavy (non-hydrogen) atoms. The highest BCUT2D eigenvalue weighted by Gasteiger charge is 2.47. The van der Waals surface area contributed by atoms with E-state index in [0.717, 1.165) is 25.7 Å². The van der Waals surface area contributed by atoms with Crippen molar-refractivity contribution in [2.24, 2.45) is 5.92 Å². The van der Waals surface area contributed by atoms with E-state index < -0.39 is 12.0 Å². The molecule has 3 unspecified atom stereocenters. The van der Waals surface area contributed by atoms with Crippen molar-refractivity contribution in [3.63, 3.8) is 0 Å². The summed E-state index contributed by atoms with van der Waals surface area (Å²) in [6.45, 7) is 2.86. The minimum absolute atomic E-state index is 0.0600. The number of aliphatic carboxylic acids is 1. The van der Waals surface area contributed by atoms with Crippen LogP contribution in [0.15, 0.2) is 0 Å². The molecule has 2 rings (SSSR count). The molecule has 0 aromatic carbocycles. The van der Waals surface area contributed by atoms with Crippen LogP contribution in [0.4, 0.5) is 0 Å². The van der Waals surface area contributed by atoms with Gasteiger partial charge >= 0.3 is 5.97 Å². The first kappa shape index (κ1) is 14.3. The van der Waals surface area contributed by atoms with E-state index in [9.17, 15) is 14.7 Å². The molecule has 0 bridgehead atoms. The Bertz CT molecular complexity index is 344. The Kier molecular flexibility index (Phi) is 4.80. The first-order valence-corrected chi connectivity index (χ1v) is 7.26. The molecular weight excluding hydrogens is 246 g/mol. The van der Waals surface area contributed by atoms with Crippen LogP contribution < -0.4 is 0 Å². The zero-order valence-corrected chi connectivity index (χ0v) is 11.5. The fourth-order valence-electron chi connectivity index (χ4n) is 3.47. The van der Waals surface area contributed by atoms with Crippen molar-refractivity contribution >= 4 is 11.9 Å². The summed E-state index contributed by atoms with van der Waals surface area (Å²) in [5.74, 6) is -0.541. The van der Waals surface area contributed by atoms with Gasteiger partial charge in [0.1, 0.15) is 6.04 Å². The zero-order valence-electron chi connectivity index (χ0n) is 11.5. The molecule has 0 aromatic rings. The van der Waals surface area contributed by atoms with Crippen molar-refractivity contribution in [2.45, 2.75) is 57.5 Å². The van der Waals surface area contributed by atoms with Crippen molar-refractivity contribution in [3.05, 3.63) is 0 Å². The summed E-state index contributed by atoms with van der Waals surface area (Å²) in [5.41, 5.74) is 0. The fourth-order valence-corrected chi connectivity index (χ4v) is 3.47. The summed E-state index contributed by atoms with van der Waals surface area (Å²) >= 11 is 0. The van der Waals surface area contributed by atoms with Crippen LogP contribution in [-0.2, 0) is 14.3 Å². The molecule has 1 N–H and O–H groups in total. The molecule has 0 spiro atoms. The third-order valence-corrected chi connectivity index (χ3v) is 4.33. The van der Waals surface area contributed by atoms with Gasteiger partial charge in [0.15, 0.2) is 0 Å². The molecule has 1 aliphatic carbocycles. The molecule has 2 fully saturated rings. The number of hydrogen-bond acceptors (Lipinski definition) is 3. The van der Waals surface area contributed by atoms with Crippen molar-refractivity contribution in [1.29, 1.82) is 0 Å². The molecule has 1 heterocycles. The van der Waals surface area contributed by atoms with Crippen LogP contribution in [0.5, 0.6) is 0 Å². The molecule has 1 amide bonds. The summed E-state index contributed by atoms with van der Waals surface area (Å²) in [7, 11) is 0. The van der Waals surface area contributed by atoms with Crippen molar-refractivity contribution in [3.8, 4) is 0 Å². The summed E-state index contributed by atoms with van der Waals surface area (Å²) in [4.78, 5) is 25.3. The number of fused-ring (bicyclic) bond motifs is 1. The maximum Gasteiger partial charge on any atom is 0.326 e. The van der Waals surface area contributed by atoms with Gasteiger partial charge in [-0.05, 0) is 32.1 Å². The lowest BCUT2D eigenvalue weighted by atomic mass is 9.84. The van der Waals surface area contributed by atoms with Crippen LogP contribution in [-0.4, -0.2) is 47.2 Å². The molecule has 108 valence electrons. The third-order valence-electron chi connectivity index (χ3n) is 4.33. The maximum atomic E-state index is 12.3. The van der Waals surface area contributed by atoms with Gasteiger partial charge in [-0.1, -0.05) is 12.8 Å². The summed E-state index contributed by atoms with van der Waals surface area (Å²) in [5, 5.41) is 9.33. The van der Waals surface area contributed by atoms with Crippen LogP contribution in [0.3, 0.4) is 0 Å². The van der Waals surface area contributed by atoms with Crippen LogP contribution in [0.1, 0.15) is 45.4 Å². The quantitative estimate of drug-likeness (QED) is 0.771. The van der Waals surface area contributed by atoms with E-state index >= 15 is 0 Å². The molecule has 1 saturated carbocycles. The first-order valence-electron chi connectivity index (χ1n) is 7.26. The lowest BCUT2D eigenvalue weighted by molar-refractivity contribution is -0.150. The molecular formula is C14H23NO4. The highest BCUT2D eigenvalue weighted by molar-refractivity contribution is 5.84. The van der Waals surface area contributed by atoms with E-state index in [0.29, 0.717) is 32.0 Å². The Morgan fingerprint density at radius 2 is 2.05 bits per heavy atom. The first-order chi connectivity index (χ1) is 9.15. The number of hydrogen-bond donors (Lipinski definition) is 1. The molecule has 2 aliphatic rings. The highest BCUT2D eigenvalue weighted by atomic mass is 16.5. The Balaban J connectivity index is 2.04. The van der Waals surface area contributed by atoms with Crippen LogP contribution >= 0.6 is 0 Å². The van der Waals surface area contributed by atoms with Crippen LogP contribution in [0.2, 0.25) is 0 Å². The highest BCUT2D eigenvalue weighted by Crippen LogP contribution is 2.40. The van der Waals surface area contributed by atoms with Crippen molar-refractivity contribution in [1.82, 2.24) is 4.90 Å². The minimum atomic E-state index is -0.862. The summed E-state index contributed by atoms with van der Waals surface area (Å²) < 4.78 is 5.20. The number of rotatable bonds is 5. The van der Waals surface area contributed by atoms with E-state index in [-0.39, 0.29) is 11.9 Å². The van der Waals surface area contributed by atoms with Gasteiger partial charge in [-0.25, -0.2) is 4.79 Å². The van der Waals surface area contributed by atoms with E-state index in [1.54, 1.807) is 4.90 Å². The Morgan fingerprint density at radius 1 is 1.32 bits per heavy atom. The molecule has 0 radical (unpaired) electrons. The normalized spacial score (nSPS) is 30.2. The second-order valence-electron chi connectivity index (χ2n) is 5.45. The van der Waals surface area contributed by atoms with Crippen LogP contribution in [0.25, 0.3) is 0 Å². The monoisotopic (exact) mass is 269 g/mol. The molecule has 5 heteroatoms. The smallest absolute Gasteiger partial charge is 0.326 e. The minimum Gasteiger partial charge on any atom is -0.480 e. The molecule has 1 saturated heterocycles. The van der Waals surface area contributed by atoms with Gasteiger partial charge in [-0.3, -0.25) is 4.79 Å². The topological polar surface area (TPSA) is 66.8 Å². The number of carboxylic acid groups (broad SMARTS) is 1. The number of carboxylic acids is 1. The van der Waals surface area contributed by atoms with Crippen LogP contribution in [0, 0.1) is 5.92 Å². The van der Waals surface area contributed by atoms with Gasteiger partial charge in [0, 0.05) is 12.6 Å². The number of carbonyl (C=O) groups is 2. The third kappa shape index (κ3) is 3.08. The standard InChI is InChI=1S/C14H23NO4/c1-2-19-8-7-13(16)15-11-6-4-3-5-10(11)9-12(15)14(17)18/h10-12H,2-9H2,1H3,(H,17,18). The van der Waals surface area contributed by atoms with E-state index in [2.05, 4.69) is 0 Å². The SMILES string of the molecule is CCOCCC(=O)N1C(C(=O)O)CC2CCCCC21. The molecule has 3 atom stereocenters. The lowest BCUT2D eigenvalue weighted by Crippen LogP contribution is -2.46. The largest absolute Gasteiger partial charge is 0.480 e. The molecule has 0 aromatic heterocycles. The summed E-state index contributed by atoms with van der Waals surface area (Å²) in [6, 6.07) is -0.480. The Labute approximate surface area is 113 Å². The second-order valence-corrected chi connectivity index (χ2v) is 5.45. The predicted molar refractivity (Wildman–Crippen MR) is 69.7 cm³/mol. The zero-order chi connectivity index (χ0) is 13.8. The number of likely N-dealkylation sites (tertiary alicyclic amines) is 1. The Hall–Kier alpha value is -1.10. The van der Waals surface area contributed by atoms with E-state index in [1.165, 1.54) is 0 Å². The number of ether oxygens (including phenoxy) is 1. The van der Waals surface area contributed by atoms with E-state index in [4.69, 9.17) is 4.74 Å². The predicted octanol–water partition coefficient (Wildman–Crippen LogP) is 1.66. The molecule has 5 nitrogen and oxygen atoms in total. The lowest BCUT2D eigenvalue weighted by Gasteiger charge is -2.33. The number of nitrogens with zero attached hydrogens (tertiary/aromatic N) is 1. The number of amides is 1. The van der Waals surface area contributed by atoms with Crippen molar-refractivity contribution in [2.75, 3.05) is 13.2 Å². The van der Waals surface area contributed by atoms with Gasteiger partial charge in [0.05, 0.1) is 13.0 Å². The van der Waals surface area contributed by atoms with Gasteiger partial charge in [-0.15, -0.1) is 0 Å². The maximum absolute atomic E-state index is 12.3. The summed E-state index contributed by atoms with van der Waals surface area (Å²) in [6.07, 6.45) is 5.19. The van der Waals surface area contributed by atoms with E-state index in [1.807, 2.05) is 6.92 Å². The van der Waals surface area contributed by atoms with Gasteiger partial charge in [0.25, 0.3) is 0 Å². The van der Waals surface area contributed by atoms with Gasteiger partial charge < -0.3 is 14.7 Å². The average Bonchev–Trinajstić information content (AvgIpc) is 2.78. The van der Waals surface area contributed by atoms with Crippen molar-refractivity contribution < 1.29 is 19.4 Å². The number of carbonyl (C=O) groups excluding carboxylic acids is 1. The molecule has 1 aliphatic heterocycles.